The van der Waals surface area contributed by atoms with Gasteiger partial charge in [0.05, 0.1) is 22.5 Å². The van der Waals surface area contributed by atoms with Crippen LogP contribution in [0, 0.1) is 0 Å². The molecule has 0 saturated carbocycles. The number of aliphatic imine (C=N–C) groups is 1. The van der Waals surface area contributed by atoms with Crippen LogP contribution in [0.15, 0.2) is 47.6 Å². The van der Waals surface area contributed by atoms with Gasteiger partial charge in [0.2, 0.25) is 0 Å². The van der Waals surface area contributed by atoms with Gasteiger partial charge in [-0.25, -0.2) is 4.98 Å². The molecule has 0 aliphatic carbocycles. The molecule has 0 amide bonds. The number of aromatic nitrogens is 2. The van der Waals surface area contributed by atoms with Gasteiger partial charge in [0.25, 0.3) is 0 Å². The van der Waals surface area contributed by atoms with Crippen molar-refractivity contribution in [1.82, 2.24) is 15.0 Å². The van der Waals surface area contributed by atoms with Gasteiger partial charge in [0.15, 0.2) is 5.84 Å². The van der Waals surface area contributed by atoms with Crippen molar-refractivity contribution in [2.75, 3.05) is 0 Å². The van der Waals surface area contributed by atoms with E-state index in [1.165, 1.54) is 0 Å². The van der Waals surface area contributed by atoms with Crippen molar-refractivity contribution in [1.29, 1.82) is 0 Å². The Morgan fingerprint density at radius 1 is 0.909 bits per heavy atom. The Balaban J connectivity index is 2.04. The van der Waals surface area contributed by atoms with Crippen molar-refractivity contribution in [2.45, 2.75) is 38.8 Å². The quantitative estimate of drug-likeness (QED) is 0.855. The topological polar surface area (TPSA) is 61.3 Å². The minimum Gasteiger partial charge on any atom is -0.256 e. The first-order chi connectivity index (χ1) is 10.3. The SMILES string of the molecule is CC1(C)N=C(c2cccc(-c3ccccn3)n2)N([O])C1(C)C. The average molecular weight is 295 g/mol. The third-order valence-corrected chi connectivity index (χ3v) is 4.49. The lowest BCUT2D eigenvalue weighted by atomic mass is 9.84. The van der Waals surface area contributed by atoms with E-state index in [1.807, 2.05) is 64.1 Å². The van der Waals surface area contributed by atoms with Gasteiger partial charge in [-0.3, -0.25) is 9.98 Å². The average Bonchev–Trinajstić information content (AvgIpc) is 2.68. The molecule has 113 valence electrons. The van der Waals surface area contributed by atoms with Crippen molar-refractivity contribution < 1.29 is 5.21 Å². The summed E-state index contributed by atoms with van der Waals surface area (Å²) in [5.41, 5.74) is 1.02. The standard InChI is InChI=1S/C17H19N4O/c1-16(2)17(3,4)21(22)15(20-16)14-10-7-9-13(19-14)12-8-5-6-11-18-12/h5-11H,1-4H3. The van der Waals surface area contributed by atoms with Crippen LogP contribution >= 0.6 is 0 Å². The third-order valence-electron chi connectivity index (χ3n) is 4.49. The number of nitrogens with zero attached hydrogens (tertiary/aromatic N) is 4. The second-order valence-corrected chi connectivity index (χ2v) is 6.47. The van der Waals surface area contributed by atoms with E-state index in [2.05, 4.69) is 15.0 Å². The molecule has 2 aromatic heterocycles. The van der Waals surface area contributed by atoms with Crippen molar-refractivity contribution >= 4 is 5.84 Å². The number of hydrogen-bond acceptors (Lipinski definition) is 4. The molecule has 3 heterocycles. The zero-order valence-electron chi connectivity index (χ0n) is 13.2. The maximum atomic E-state index is 12.6. The van der Waals surface area contributed by atoms with Crippen LogP contribution in [-0.2, 0) is 5.21 Å². The molecule has 0 bridgehead atoms. The van der Waals surface area contributed by atoms with Gasteiger partial charge in [-0.15, -0.1) is 0 Å². The molecule has 0 aromatic carbocycles. The molecule has 5 nitrogen and oxygen atoms in total. The van der Waals surface area contributed by atoms with Crippen LogP contribution in [0.3, 0.4) is 0 Å². The molecule has 0 unspecified atom stereocenters. The van der Waals surface area contributed by atoms with Crippen molar-refractivity contribution in [3.8, 4) is 11.4 Å². The third kappa shape index (κ3) is 2.18. The molecule has 0 fully saturated rings. The Kier molecular flexibility index (Phi) is 3.25. The molecule has 5 heteroatoms. The second-order valence-electron chi connectivity index (χ2n) is 6.47. The minimum absolute atomic E-state index is 0.382. The van der Waals surface area contributed by atoms with Crippen molar-refractivity contribution in [3.05, 3.63) is 48.3 Å². The Bertz CT molecular complexity index is 722. The summed E-state index contributed by atoms with van der Waals surface area (Å²) in [6.07, 6.45) is 1.73. The number of hydroxylamine groups is 2. The first-order valence-electron chi connectivity index (χ1n) is 7.29. The Hall–Kier alpha value is -2.27. The van der Waals surface area contributed by atoms with Gasteiger partial charge in [-0.05, 0) is 52.0 Å². The lowest BCUT2D eigenvalue weighted by Gasteiger charge is -2.35. The summed E-state index contributed by atoms with van der Waals surface area (Å²) in [6, 6.07) is 11.2. The summed E-state index contributed by atoms with van der Waals surface area (Å²) < 4.78 is 0. The van der Waals surface area contributed by atoms with Crippen molar-refractivity contribution in [2.24, 2.45) is 4.99 Å². The lowest BCUT2D eigenvalue weighted by Crippen LogP contribution is -2.50. The Labute approximate surface area is 130 Å². The number of rotatable bonds is 2. The van der Waals surface area contributed by atoms with Gasteiger partial charge in [0.1, 0.15) is 5.69 Å². The lowest BCUT2D eigenvalue weighted by molar-refractivity contribution is -0.158. The molecule has 0 atom stereocenters. The maximum Gasteiger partial charge on any atom is 0.178 e. The fourth-order valence-electron chi connectivity index (χ4n) is 2.34. The summed E-state index contributed by atoms with van der Waals surface area (Å²) in [7, 11) is 0. The Morgan fingerprint density at radius 3 is 2.18 bits per heavy atom. The van der Waals surface area contributed by atoms with Crippen LogP contribution in [0.1, 0.15) is 33.4 Å². The van der Waals surface area contributed by atoms with E-state index in [0.29, 0.717) is 11.5 Å². The van der Waals surface area contributed by atoms with Crippen LogP contribution in [0.25, 0.3) is 11.4 Å². The molecule has 1 aliphatic heterocycles. The highest BCUT2D eigenvalue weighted by atomic mass is 16.5. The highest BCUT2D eigenvalue weighted by Crippen LogP contribution is 2.37. The largest absolute Gasteiger partial charge is 0.256 e. The normalized spacial score (nSPS) is 19.1. The summed E-state index contributed by atoms with van der Waals surface area (Å²) in [4.78, 5) is 13.5. The molecular formula is C17H19N4O. The zero-order chi connectivity index (χ0) is 16.0. The van der Waals surface area contributed by atoms with E-state index in [-0.39, 0.29) is 0 Å². The smallest absolute Gasteiger partial charge is 0.178 e. The van der Waals surface area contributed by atoms with Gasteiger partial charge in [-0.1, -0.05) is 17.3 Å². The fraction of sp³-hybridized carbons (Fsp3) is 0.353. The number of pyridine rings is 2. The summed E-state index contributed by atoms with van der Waals surface area (Å²) in [5.74, 6) is 0.382. The van der Waals surface area contributed by atoms with Crippen LogP contribution in [-0.4, -0.2) is 31.9 Å². The number of amidine groups is 1. The van der Waals surface area contributed by atoms with E-state index in [9.17, 15) is 5.21 Å². The minimum atomic E-state index is -0.606. The molecule has 1 radical (unpaired) electrons. The highest BCUT2D eigenvalue weighted by Gasteiger charge is 2.50. The molecule has 2 aromatic rings. The molecule has 0 N–H and O–H groups in total. The van der Waals surface area contributed by atoms with Crippen LogP contribution in [0.4, 0.5) is 0 Å². The van der Waals surface area contributed by atoms with Crippen LogP contribution in [0.2, 0.25) is 0 Å². The Morgan fingerprint density at radius 2 is 1.59 bits per heavy atom. The fourth-order valence-corrected chi connectivity index (χ4v) is 2.34. The maximum absolute atomic E-state index is 12.6. The molecular weight excluding hydrogens is 276 g/mol. The summed E-state index contributed by atoms with van der Waals surface area (Å²) in [5, 5.41) is 13.6. The zero-order valence-corrected chi connectivity index (χ0v) is 13.2. The first kappa shape index (κ1) is 14.7. The molecule has 22 heavy (non-hydrogen) atoms. The van der Waals surface area contributed by atoms with E-state index in [1.54, 1.807) is 6.20 Å². The predicted octanol–water partition coefficient (Wildman–Crippen LogP) is 3.11. The summed E-state index contributed by atoms with van der Waals surface area (Å²) >= 11 is 0. The molecule has 0 saturated heterocycles. The second kappa shape index (κ2) is 4.88. The predicted molar refractivity (Wildman–Crippen MR) is 84.7 cm³/mol. The first-order valence-corrected chi connectivity index (χ1v) is 7.29. The van der Waals surface area contributed by atoms with Gasteiger partial charge >= 0.3 is 0 Å². The highest BCUT2D eigenvalue weighted by molar-refractivity contribution is 5.99. The van der Waals surface area contributed by atoms with E-state index >= 15 is 0 Å². The van der Waals surface area contributed by atoms with E-state index in [0.717, 1.165) is 16.5 Å². The molecule has 3 rings (SSSR count). The summed E-state index contributed by atoms with van der Waals surface area (Å²) in [6.45, 7) is 7.74. The van der Waals surface area contributed by atoms with Crippen LogP contribution < -0.4 is 0 Å². The molecule has 1 aliphatic rings. The van der Waals surface area contributed by atoms with Crippen molar-refractivity contribution in [3.63, 3.8) is 0 Å². The van der Waals surface area contributed by atoms with Crippen LogP contribution in [0.5, 0.6) is 0 Å². The molecule has 0 spiro atoms. The number of hydrogen-bond donors (Lipinski definition) is 0. The monoisotopic (exact) mass is 295 g/mol. The van der Waals surface area contributed by atoms with Gasteiger partial charge in [0, 0.05) is 6.20 Å². The van der Waals surface area contributed by atoms with Gasteiger partial charge < -0.3 is 0 Å². The van der Waals surface area contributed by atoms with E-state index < -0.39 is 11.1 Å². The van der Waals surface area contributed by atoms with E-state index in [4.69, 9.17) is 0 Å². The van der Waals surface area contributed by atoms with Gasteiger partial charge in [-0.2, -0.15) is 5.06 Å².